The topological polar surface area (TPSA) is 0 Å². The van der Waals surface area contributed by atoms with Crippen LogP contribution in [0.15, 0.2) is 11.9 Å². The Balaban J connectivity index is 5.34. The summed E-state index contributed by atoms with van der Waals surface area (Å²) >= 11 is 0. The molecule has 0 nitrogen and oxygen atoms in total. The van der Waals surface area contributed by atoms with Gasteiger partial charge >= 0.3 is 17.8 Å². The van der Waals surface area contributed by atoms with E-state index in [0.29, 0.717) is 0 Å². The number of allylic oxidation sites excluding steroid dienone is 2. The summed E-state index contributed by atoms with van der Waals surface area (Å²) in [4.78, 5) is 0. The molecule has 0 amide bonds. The van der Waals surface area contributed by atoms with E-state index in [1.54, 1.807) is 0 Å². The normalized spacial score (nSPS) is 17.2. The molecule has 0 spiro atoms. The van der Waals surface area contributed by atoms with Gasteiger partial charge < -0.3 is 0 Å². The summed E-state index contributed by atoms with van der Waals surface area (Å²) in [7, 11) is 0. The Bertz CT molecular complexity index is 288. The molecule has 0 radical (unpaired) electrons. The van der Waals surface area contributed by atoms with Gasteiger partial charge in [-0.3, -0.25) is 0 Å². The van der Waals surface area contributed by atoms with E-state index in [-0.39, 0.29) is 19.4 Å². The lowest BCUT2D eigenvalue weighted by molar-refractivity contribution is -0.293. The van der Waals surface area contributed by atoms with E-state index >= 15 is 0 Å². The van der Waals surface area contributed by atoms with Gasteiger partial charge in [0.25, 0.3) is 0 Å². The molecule has 7 heteroatoms. The lowest BCUT2D eigenvalue weighted by Gasteiger charge is -2.29. The molecule has 0 saturated carbocycles. The van der Waals surface area contributed by atoms with Crippen molar-refractivity contribution in [1.82, 2.24) is 0 Å². The molecule has 0 aliphatic carbocycles. The minimum absolute atomic E-state index is 0.220. The summed E-state index contributed by atoms with van der Waals surface area (Å²) in [5.74, 6) is -19.6. The van der Waals surface area contributed by atoms with Crippen LogP contribution in [0.4, 0.5) is 30.7 Å². The Morgan fingerprint density at radius 3 is 1.82 bits per heavy atom. The number of hydrogen-bond acceptors (Lipinski definition) is 0. The Morgan fingerprint density at radius 1 is 1.12 bits per heavy atom. The molecular weight excluding hydrogens is 253 g/mol. The van der Waals surface area contributed by atoms with E-state index in [2.05, 4.69) is 0 Å². The first-order chi connectivity index (χ1) is 7.38. The zero-order chi connectivity index (χ0) is 14.1. The van der Waals surface area contributed by atoms with Crippen LogP contribution in [0.3, 0.4) is 0 Å². The third kappa shape index (κ3) is 3.13. The van der Waals surface area contributed by atoms with Crippen LogP contribution < -0.4 is 0 Å². The Labute approximate surface area is 94.5 Å². The van der Waals surface area contributed by atoms with Gasteiger partial charge in [-0.05, 0) is 18.4 Å². The third-order valence-corrected chi connectivity index (χ3v) is 2.32. The van der Waals surface area contributed by atoms with Crippen molar-refractivity contribution >= 4 is 0 Å². The second-order valence-corrected chi connectivity index (χ2v) is 3.94. The first-order valence-corrected chi connectivity index (χ1v) is 4.89. The second kappa shape index (κ2) is 4.86. The van der Waals surface area contributed by atoms with Gasteiger partial charge in [-0.15, -0.1) is 0 Å². The zero-order valence-corrected chi connectivity index (χ0v) is 9.51. The van der Waals surface area contributed by atoms with Crippen molar-refractivity contribution in [3.05, 3.63) is 11.9 Å². The monoisotopic (exact) mass is 266 g/mol. The quantitative estimate of drug-likeness (QED) is 0.626. The molecule has 0 fully saturated rings. The maximum absolute atomic E-state index is 12.9. The van der Waals surface area contributed by atoms with Crippen LogP contribution in [-0.4, -0.2) is 17.8 Å². The van der Waals surface area contributed by atoms with Gasteiger partial charge in [-0.1, -0.05) is 13.8 Å². The van der Waals surface area contributed by atoms with Crippen molar-refractivity contribution < 1.29 is 30.7 Å². The summed E-state index contributed by atoms with van der Waals surface area (Å²) < 4.78 is 88.9. The lowest BCUT2D eigenvalue weighted by Crippen LogP contribution is -2.53. The van der Waals surface area contributed by atoms with E-state index in [9.17, 15) is 30.7 Å². The van der Waals surface area contributed by atoms with Gasteiger partial charge in [-0.2, -0.15) is 26.3 Å². The largest absolute Gasteiger partial charge is 0.378 e. The van der Waals surface area contributed by atoms with E-state index in [4.69, 9.17) is 0 Å². The van der Waals surface area contributed by atoms with E-state index < -0.39 is 29.5 Å². The molecule has 17 heavy (non-hydrogen) atoms. The molecule has 0 heterocycles. The van der Waals surface area contributed by atoms with Crippen molar-refractivity contribution in [2.45, 2.75) is 45.0 Å². The van der Waals surface area contributed by atoms with Crippen molar-refractivity contribution in [3.8, 4) is 0 Å². The number of halogens is 7. The molecule has 0 N–H and O–H groups in total. The molecule has 102 valence electrons. The second-order valence-electron chi connectivity index (χ2n) is 3.94. The average Bonchev–Trinajstić information content (AvgIpc) is 2.15. The van der Waals surface area contributed by atoms with Crippen molar-refractivity contribution in [3.63, 3.8) is 0 Å². The average molecular weight is 266 g/mol. The van der Waals surface area contributed by atoms with Crippen LogP contribution in [-0.2, 0) is 0 Å². The van der Waals surface area contributed by atoms with E-state index in [1.165, 1.54) is 13.8 Å². The Hall–Kier alpha value is -0.750. The third-order valence-electron chi connectivity index (χ3n) is 2.32. The highest BCUT2D eigenvalue weighted by Gasteiger charge is 2.71. The molecular formula is C10H13F7. The Morgan fingerprint density at radius 2 is 1.53 bits per heavy atom. The van der Waals surface area contributed by atoms with Gasteiger partial charge in [0.1, 0.15) is 0 Å². The highest BCUT2D eigenvalue weighted by molar-refractivity contribution is 5.14. The first kappa shape index (κ1) is 16.2. The van der Waals surface area contributed by atoms with Crippen molar-refractivity contribution in [2.75, 3.05) is 0 Å². The van der Waals surface area contributed by atoms with Crippen LogP contribution in [0.2, 0.25) is 0 Å². The maximum atomic E-state index is 12.9. The first-order valence-electron chi connectivity index (χ1n) is 4.89. The molecule has 0 bridgehead atoms. The van der Waals surface area contributed by atoms with Gasteiger partial charge in [0.05, 0.1) is 0 Å². The number of hydrogen-bond donors (Lipinski definition) is 0. The molecule has 0 aromatic heterocycles. The van der Waals surface area contributed by atoms with Crippen molar-refractivity contribution in [2.24, 2.45) is 5.92 Å². The van der Waals surface area contributed by atoms with Crippen LogP contribution in [0, 0.1) is 5.92 Å². The fourth-order valence-corrected chi connectivity index (χ4v) is 0.898. The van der Waals surface area contributed by atoms with Crippen LogP contribution in [0.1, 0.15) is 27.2 Å². The molecule has 0 aromatic carbocycles. The fraction of sp³-hybridized carbons (Fsp3) is 0.800. The summed E-state index contributed by atoms with van der Waals surface area (Å²) in [5.41, 5.74) is 0. The predicted molar refractivity (Wildman–Crippen MR) is 49.2 cm³/mol. The molecule has 0 aliphatic rings. The number of alkyl halides is 6. The van der Waals surface area contributed by atoms with E-state index in [1.807, 2.05) is 0 Å². The standard InChI is InChI=1S/C10H13F7/c1-4-6(2)5-7(11)9(14,15)10(16,17)8(3,12)13/h5-6H,4H2,1-3H3/b7-5-. The molecule has 0 aliphatic heterocycles. The SMILES string of the molecule is CCC(C)/C=C(\F)C(F)(F)C(F)(F)C(C)(F)F. The molecule has 0 aromatic rings. The predicted octanol–water partition coefficient (Wildman–Crippen LogP) is 4.81. The molecule has 1 atom stereocenters. The van der Waals surface area contributed by atoms with Gasteiger partial charge in [-0.25, -0.2) is 4.39 Å². The molecule has 1 unspecified atom stereocenters. The number of rotatable bonds is 5. The Kier molecular flexibility index (Phi) is 4.64. The van der Waals surface area contributed by atoms with Gasteiger partial charge in [0.15, 0.2) is 5.83 Å². The summed E-state index contributed by atoms with van der Waals surface area (Å²) in [5, 5.41) is 0. The van der Waals surface area contributed by atoms with Crippen LogP contribution in [0.5, 0.6) is 0 Å². The fourth-order valence-electron chi connectivity index (χ4n) is 0.898. The summed E-state index contributed by atoms with van der Waals surface area (Å²) in [6, 6.07) is 0. The van der Waals surface area contributed by atoms with Crippen LogP contribution >= 0.6 is 0 Å². The maximum Gasteiger partial charge on any atom is 0.378 e. The van der Waals surface area contributed by atoms with Gasteiger partial charge in [0.2, 0.25) is 0 Å². The minimum Gasteiger partial charge on any atom is -0.205 e. The van der Waals surface area contributed by atoms with Crippen molar-refractivity contribution in [1.29, 1.82) is 0 Å². The van der Waals surface area contributed by atoms with E-state index in [0.717, 1.165) is 0 Å². The zero-order valence-electron chi connectivity index (χ0n) is 9.51. The van der Waals surface area contributed by atoms with Crippen LogP contribution in [0.25, 0.3) is 0 Å². The highest BCUT2D eigenvalue weighted by atomic mass is 19.3. The minimum atomic E-state index is -5.77. The summed E-state index contributed by atoms with van der Waals surface area (Å²) in [6.07, 6.45) is 0.456. The smallest absolute Gasteiger partial charge is 0.205 e. The summed E-state index contributed by atoms with van der Waals surface area (Å²) in [6.45, 7) is 2.44. The molecule has 0 rings (SSSR count). The van der Waals surface area contributed by atoms with Gasteiger partial charge in [0, 0.05) is 6.92 Å². The highest BCUT2D eigenvalue weighted by Crippen LogP contribution is 2.49. The lowest BCUT2D eigenvalue weighted by atomic mass is 10.0. The molecule has 0 saturated heterocycles.